The zero-order chi connectivity index (χ0) is 12.8. The molecule has 0 radical (unpaired) electrons. The number of hydrogen-bond acceptors (Lipinski definition) is 5. The molecular weight excluding hydrogens is 216 g/mol. The van der Waals surface area contributed by atoms with Crippen LogP contribution in [0.5, 0.6) is 0 Å². The Bertz CT molecular complexity index is 354. The molecule has 0 bridgehead atoms. The van der Waals surface area contributed by atoms with Gasteiger partial charge in [0, 0.05) is 32.1 Å². The van der Waals surface area contributed by atoms with Gasteiger partial charge in [-0.05, 0) is 6.92 Å². The van der Waals surface area contributed by atoms with E-state index in [1.165, 1.54) is 0 Å². The zero-order valence-corrected chi connectivity index (χ0v) is 11.1. The van der Waals surface area contributed by atoms with Gasteiger partial charge in [0.15, 0.2) is 0 Å². The lowest BCUT2D eigenvalue weighted by molar-refractivity contribution is 0.302. The number of aliphatic hydroxyl groups excluding tert-OH is 1. The summed E-state index contributed by atoms with van der Waals surface area (Å²) in [5.74, 6) is 2.79. The molecule has 1 rings (SSSR count). The van der Waals surface area contributed by atoms with E-state index in [2.05, 4.69) is 29.1 Å². The standard InChI is InChI=1S/C12H22N4O/c1-5-16(6-7-17)11-8-10(13-4)14-12(15-11)9(2)3/h8-9,17H,5-7H2,1-4H3,(H,13,14,15). The minimum absolute atomic E-state index is 0.129. The first-order chi connectivity index (χ1) is 8.12. The smallest absolute Gasteiger partial charge is 0.135 e. The van der Waals surface area contributed by atoms with Crippen LogP contribution < -0.4 is 10.2 Å². The minimum atomic E-state index is 0.129. The number of hydrogen-bond donors (Lipinski definition) is 2. The Labute approximate surface area is 103 Å². The minimum Gasteiger partial charge on any atom is -0.395 e. The van der Waals surface area contributed by atoms with Crippen LogP contribution in [-0.2, 0) is 0 Å². The van der Waals surface area contributed by atoms with Gasteiger partial charge in [0.1, 0.15) is 17.5 Å². The van der Waals surface area contributed by atoms with Crippen LogP contribution in [0.1, 0.15) is 32.5 Å². The highest BCUT2D eigenvalue weighted by atomic mass is 16.3. The van der Waals surface area contributed by atoms with Gasteiger partial charge >= 0.3 is 0 Å². The van der Waals surface area contributed by atoms with Crippen molar-refractivity contribution < 1.29 is 5.11 Å². The molecule has 5 nitrogen and oxygen atoms in total. The van der Waals surface area contributed by atoms with Crippen LogP contribution in [0.25, 0.3) is 0 Å². The molecule has 5 heteroatoms. The average molecular weight is 238 g/mol. The van der Waals surface area contributed by atoms with E-state index in [9.17, 15) is 0 Å². The van der Waals surface area contributed by atoms with Gasteiger partial charge in [-0.25, -0.2) is 9.97 Å². The second-order valence-electron chi connectivity index (χ2n) is 4.18. The van der Waals surface area contributed by atoms with Gasteiger partial charge in [-0.15, -0.1) is 0 Å². The lowest BCUT2D eigenvalue weighted by atomic mass is 10.2. The first-order valence-corrected chi connectivity index (χ1v) is 6.04. The van der Waals surface area contributed by atoms with Gasteiger partial charge in [-0.1, -0.05) is 13.8 Å². The van der Waals surface area contributed by atoms with E-state index in [1.54, 1.807) is 0 Å². The van der Waals surface area contributed by atoms with Crippen molar-refractivity contribution in [2.75, 3.05) is 37.0 Å². The van der Waals surface area contributed by atoms with E-state index in [4.69, 9.17) is 5.11 Å². The van der Waals surface area contributed by atoms with Crippen molar-refractivity contribution in [3.8, 4) is 0 Å². The molecular formula is C12H22N4O. The molecule has 0 saturated heterocycles. The molecule has 1 aromatic rings. The summed E-state index contributed by atoms with van der Waals surface area (Å²) in [4.78, 5) is 11.0. The second kappa shape index (κ2) is 6.39. The number of anilines is 2. The maximum atomic E-state index is 9.03. The van der Waals surface area contributed by atoms with Crippen molar-refractivity contribution in [1.29, 1.82) is 0 Å². The molecule has 1 aromatic heterocycles. The molecule has 0 aliphatic heterocycles. The van der Waals surface area contributed by atoms with E-state index in [0.29, 0.717) is 6.54 Å². The number of likely N-dealkylation sites (N-methyl/N-ethyl adjacent to an activating group) is 1. The van der Waals surface area contributed by atoms with E-state index in [1.807, 2.05) is 24.9 Å². The molecule has 2 N–H and O–H groups in total. The molecule has 0 amide bonds. The van der Waals surface area contributed by atoms with Crippen molar-refractivity contribution in [2.45, 2.75) is 26.7 Å². The summed E-state index contributed by atoms with van der Waals surface area (Å²) in [6.45, 7) is 7.73. The van der Waals surface area contributed by atoms with Crippen LogP contribution in [0.3, 0.4) is 0 Å². The first kappa shape index (κ1) is 13.7. The number of nitrogens with one attached hydrogen (secondary N) is 1. The third-order valence-corrected chi connectivity index (χ3v) is 2.58. The van der Waals surface area contributed by atoms with Gasteiger partial charge in [-0.3, -0.25) is 0 Å². The number of nitrogens with zero attached hydrogens (tertiary/aromatic N) is 3. The fraction of sp³-hybridized carbons (Fsp3) is 0.667. The molecule has 0 unspecified atom stereocenters. The topological polar surface area (TPSA) is 61.3 Å². The highest BCUT2D eigenvalue weighted by molar-refractivity contribution is 5.49. The Balaban J connectivity index is 3.08. The molecule has 0 fully saturated rings. The monoisotopic (exact) mass is 238 g/mol. The average Bonchev–Trinajstić information content (AvgIpc) is 2.35. The molecule has 1 heterocycles. The lowest BCUT2D eigenvalue weighted by Crippen LogP contribution is -2.27. The van der Waals surface area contributed by atoms with Crippen LogP contribution in [0.4, 0.5) is 11.6 Å². The fourth-order valence-electron chi connectivity index (χ4n) is 1.56. The molecule has 17 heavy (non-hydrogen) atoms. The Morgan fingerprint density at radius 1 is 1.41 bits per heavy atom. The zero-order valence-electron chi connectivity index (χ0n) is 11.1. The van der Waals surface area contributed by atoms with Gasteiger partial charge in [0.25, 0.3) is 0 Å². The fourth-order valence-corrected chi connectivity index (χ4v) is 1.56. The Hall–Kier alpha value is -1.36. The number of aliphatic hydroxyl groups is 1. The highest BCUT2D eigenvalue weighted by Gasteiger charge is 2.11. The van der Waals surface area contributed by atoms with Gasteiger partial charge in [0.2, 0.25) is 0 Å². The molecule has 0 spiro atoms. The summed E-state index contributed by atoms with van der Waals surface area (Å²) in [7, 11) is 1.85. The van der Waals surface area contributed by atoms with E-state index >= 15 is 0 Å². The van der Waals surface area contributed by atoms with Crippen molar-refractivity contribution in [3.05, 3.63) is 11.9 Å². The molecule has 96 valence electrons. The van der Waals surface area contributed by atoms with Gasteiger partial charge < -0.3 is 15.3 Å². The number of rotatable bonds is 6. The predicted molar refractivity (Wildman–Crippen MR) is 70.6 cm³/mol. The summed E-state index contributed by atoms with van der Waals surface area (Å²) < 4.78 is 0. The summed E-state index contributed by atoms with van der Waals surface area (Å²) in [5, 5.41) is 12.1. The second-order valence-corrected chi connectivity index (χ2v) is 4.18. The largest absolute Gasteiger partial charge is 0.395 e. The highest BCUT2D eigenvalue weighted by Crippen LogP contribution is 2.19. The third kappa shape index (κ3) is 3.56. The van der Waals surface area contributed by atoms with Gasteiger partial charge in [0.05, 0.1) is 6.61 Å². The first-order valence-electron chi connectivity index (χ1n) is 6.04. The molecule has 0 aliphatic carbocycles. The maximum Gasteiger partial charge on any atom is 0.135 e. The van der Waals surface area contributed by atoms with Crippen LogP contribution in [0.2, 0.25) is 0 Å². The van der Waals surface area contributed by atoms with Crippen molar-refractivity contribution in [1.82, 2.24) is 9.97 Å². The van der Waals surface area contributed by atoms with E-state index < -0.39 is 0 Å². The van der Waals surface area contributed by atoms with Gasteiger partial charge in [-0.2, -0.15) is 0 Å². The normalized spacial score (nSPS) is 10.7. The van der Waals surface area contributed by atoms with Crippen molar-refractivity contribution in [3.63, 3.8) is 0 Å². The van der Waals surface area contributed by atoms with E-state index in [-0.39, 0.29) is 12.5 Å². The summed E-state index contributed by atoms with van der Waals surface area (Å²) in [5.41, 5.74) is 0. The predicted octanol–water partition coefficient (Wildman–Crippen LogP) is 1.46. The summed E-state index contributed by atoms with van der Waals surface area (Å²) >= 11 is 0. The third-order valence-electron chi connectivity index (χ3n) is 2.58. The lowest BCUT2D eigenvalue weighted by Gasteiger charge is -2.22. The van der Waals surface area contributed by atoms with Crippen LogP contribution >= 0.6 is 0 Å². The Morgan fingerprint density at radius 3 is 2.59 bits per heavy atom. The summed E-state index contributed by atoms with van der Waals surface area (Å²) in [6.07, 6.45) is 0. The van der Waals surface area contributed by atoms with Crippen LogP contribution in [-0.4, -0.2) is 41.8 Å². The van der Waals surface area contributed by atoms with Crippen LogP contribution in [0, 0.1) is 0 Å². The van der Waals surface area contributed by atoms with Crippen molar-refractivity contribution >= 4 is 11.6 Å². The molecule has 0 saturated carbocycles. The molecule has 0 aromatic carbocycles. The molecule has 0 aliphatic rings. The van der Waals surface area contributed by atoms with Crippen LogP contribution in [0.15, 0.2) is 6.07 Å². The Morgan fingerprint density at radius 2 is 2.12 bits per heavy atom. The Kier molecular flexibility index (Phi) is 5.15. The van der Waals surface area contributed by atoms with Crippen molar-refractivity contribution in [2.24, 2.45) is 0 Å². The maximum absolute atomic E-state index is 9.03. The van der Waals surface area contributed by atoms with E-state index in [0.717, 1.165) is 24.0 Å². The SMILES string of the molecule is CCN(CCO)c1cc(NC)nc(C(C)C)n1. The summed E-state index contributed by atoms with van der Waals surface area (Å²) in [6, 6.07) is 1.91. The number of aromatic nitrogens is 2. The quantitative estimate of drug-likeness (QED) is 0.785. The molecule has 0 atom stereocenters.